The summed E-state index contributed by atoms with van der Waals surface area (Å²) in [6, 6.07) is 0. The third-order valence-electron chi connectivity index (χ3n) is 3.72. The van der Waals surface area contributed by atoms with Crippen molar-refractivity contribution in [2.75, 3.05) is 6.67 Å². The topological polar surface area (TPSA) is 71.4 Å². The Balaban J connectivity index is 2.53. The Morgan fingerprint density at radius 2 is 2.00 bits per heavy atom. The van der Waals surface area contributed by atoms with Crippen molar-refractivity contribution in [3.05, 3.63) is 0 Å². The lowest BCUT2D eigenvalue weighted by molar-refractivity contribution is -0.819. The first-order valence-electron chi connectivity index (χ1n) is 5.20. The van der Waals surface area contributed by atoms with Crippen molar-refractivity contribution in [3.63, 3.8) is 0 Å². The normalized spacial score (nSPS) is 26.6. The van der Waals surface area contributed by atoms with E-state index in [0.717, 1.165) is 9.80 Å². The number of hydrogen-bond acceptors (Lipinski definition) is 5. The number of hydrogen-bond donors (Lipinski definition) is 2. The van der Waals surface area contributed by atoms with Crippen LogP contribution in [0.1, 0.15) is 27.7 Å². The highest BCUT2D eigenvalue weighted by Gasteiger charge is 2.63. The van der Waals surface area contributed by atoms with Crippen molar-refractivity contribution >= 4 is 17.8 Å². The van der Waals surface area contributed by atoms with Crippen molar-refractivity contribution in [2.24, 2.45) is 9.98 Å². The molecule has 2 aliphatic rings. The van der Waals surface area contributed by atoms with E-state index < -0.39 is 11.1 Å². The Hall–Kier alpha value is -1.43. The zero-order chi connectivity index (χ0) is 12.1. The number of amidine groups is 1. The molecule has 88 valence electrons. The Kier molecular flexibility index (Phi) is 2.10. The van der Waals surface area contributed by atoms with Crippen molar-refractivity contribution in [2.45, 2.75) is 38.8 Å². The lowest BCUT2D eigenvalue weighted by atomic mass is 9.84. The number of hydroxylamine groups is 3. The summed E-state index contributed by atoms with van der Waals surface area (Å²) in [7, 11) is 0. The largest absolute Gasteiger partial charge is 0.369 e. The Morgan fingerprint density at radius 1 is 1.38 bits per heavy atom. The van der Waals surface area contributed by atoms with E-state index in [1.165, 1.54) is 0 Å². The minimum atomic E-state index is -0.615. The minimum absolute atomic E-state index is 0.288. The predicted molar refractivity (Wildman–Crippen MR) is 59.6 cm³/mol. The maximum absolute atomic E-state index is 10.1. The molecule has 0 amide bonds. The summed E-state index contributed by atoms with van der Waals surface area (Å²) in [4.78, 5) is 8.05. The van der Waals surface area contributed by atoms with Crippen LogP contribution in [0.2, 0.25) is 0 Å². The predicted octanol–water partition coefficient (Wildman–Crippen LogP) is 0.532. The van der Waals surface area contributed by atoms with E-state index >= 15 is 0 Å². The second-order valence-corrected chi connectivity index (χ2v) is 5.06. The van der Waals surface area contributed by atoms with Crippen molar-refractivity contribution in [1.29, 1.82) is 0 Å². The first-order chi connectivity index (χ1) is 7.30. The summed E-state index contributed by atoms with van der Waals surface area (Å²) in [5.74, 6) is 0.288. The first-order valence-corrected chi connectivity index (χ1v) is 5.20. The Morgan fingerprint density at radius 3 is 2.38 bits per heavy atom. The van der Waals surface area contributed by atoms with Crippen LogP contribution >= 0.6 is 0 Å². The van der Waals surface area contributed by atoms with Gasteiger partial charge in [0.1, 0.15) is 6.67 Å². The molecule has 2 rings (SSSR count). The SMILES string of the molecule is CC1(C)N(O)C(C2=NCN=C2)=[N+](O)C1(C)C. The van der Waals surface area contributed by atoms with Gasteiger partial charge in [0.2, 0.25) is 0 Å². The van der Waals surface area contributed by atoms with E-state index in [4.69, 9.17) is 0 Å². The van der Waals surface area contributed by atoms with Gasteiger partial charge in [0, 0.05) is 0 Å². The monoisotopic (exact) mass is 225 g/mol. The van der Waals surface area contributed by atoms with Crippen LogP contribution in [0.4, 0.5) is 0 Å². The van der Waals surface area contributed by atoms with Gasteiger partial charge in [-0.25, -0.2) is 5.21 Å². The zero-order valence-corrected chi connectivity index (χ0v) is 9.97. The highest BCUT2D eigenvalue weighted by Crippen LogP contribution is 2.35. The van der Waals surface area contributed by atoms with Gasteiger partial charge in [-0.1, -0.05) is 4.74 Å². The molecule has 0 saturated heterocycles. The highest BCUT2D eigenvalue weighted by molar-refractivity contribution is 6.61. The van der Waals surface area contributed by atoms with Crippen LogP contribution in [0.3, 0.4) is 0 Å². The minimum Gasteiger partial charge on any atom is -0.354 e. The van der Waals surface area contributed by atoms with Gasteiger partial charge in [-0.2, -0.15) is 0 Å². The van der Waals surface area contributed by atoms with E-state index in [2.05, 4.69) is 9.98 Å². The smallest absolute Gasteiger partial charge is 0.354 e. The molecule has 0 bridgehead atoms. The summed E-state index contributed by atoms with van der Waals surface area (Å²) in [5, 5.41) is 21.3. The zero-order valence-electron chi connectivity index (χ0n) is 9.97. The molecule has 2 aliphatic heterocycles. The maximum Gasteiger partial charge on any atom is 0.369 e. The average Bonchev–Trinajstić information content (AvgIpc) is 2.73. The average molecular weight is 225 g/mol. The molecule has 0 aliphatic carbocycles. The molecule has 6 nitrogen and oxygen atoms in total. The summed E-state index contributed by atoms with van der Waals surface area (Å²) < 4.78 is 1.06. The van der Waals surface area contributed by atoms with E-state index in [0.29, 0.717) is 12.4 Å². The van der Waals surface area contributed by atoms with Gasteiger partial charge < -0.3 is 5.21 Å². The van der Waals surface area contributed by atoms with Crippen LogP contribution in [-0.4, -0.2) is 55.7 Å². The summed E-state index contributed by atoms with van der Waals surface area (Å²) in [6.07, 6.45) is 1.55. The third-order valence-corrected chi connectivity index (χ3v) is 3.72. The molecule has 16 heavy (non-hydrogen) atoms. The summed E-state index contributed by atoms with van der Waals surface area (Å²) in [5.41, 5.74) is -0.727. The molecule has 0 spiro atoms. The van der Waals surface area contributed by atoms with Gasteiger partial charge in [0.05, 0.1) is 6.21 Å². The molecule has 0 aromatic heterocycles. The van der Waals surface area contributed by atoms with Crippen LogP contribution in [0, 0.1) is 0 Å². The maximum atomic E-state index is 10.1. The molecule has 0 unspecified atom stereocenters. The standard InChI is InChI=1S/C10H17N4O2/c1-9(2)10(3,4)14(16)8(13(9)15)7-5-11-6-12-7/h5,15-16H,6H2,1-4H3/q+1. The molecular formula is C10H17N4O2+. The molecule has 0 aromatic rings. The highest BCUT2D eigenvalue weighted by atomic mass is 16.5. The van der Waals surface area contributed by atoms with Crippen LogP contribution in [0.25, 0.3) is 0 Å². The van der Waals surface area contributed by atoms with Crippen molar-refractivity contribution in [3.8, 4) is 0 Å². The molecule has 0 radical (unpaired) electrons. The Bertz CT molecular complexity index is 421. The molecule has 0 atom stereocenters. The quantitative estimate of drug-likeness (QED) is 0.505. The van der Waals surface area contributed by atoms with Crippen molar-refractivity contribution < 1.29 is 15.2 Å². The van der Waals surface area contributed by atoms with E-state index in [9.17, 15) is 10.4 Å². The summed E-state index contributed by atoms with van der Waals surface area (Å²) in [6.45, 7) is 7.78. The van der Waals surface area contributed by atoms with Gasteiger partial charge in [0.15, 0.2) is 16.8 Å². The van der Waals surface area contributed by atoms with Crippen LogP contribution in [0.15, 0.2) is 9.98 Å². The van der Waals surface area contributed by atoms with E-state index in [-0.39, 0.29) is 5.84 Å². The number of rotatable bonds is 1. The number of nitrogens with zero attached hydrogens (tertiary/aromatic N) is 4. The third kappa shape index (κ3) is 1.13. The van der Waals surface area contributed by atoms with Crippen molar-refractivity contribution in [1.82, 2.24) is 5.06 Å². The fourth-order valence-corrected chi connectivity index (χ4v) is 1.77. The van der Waals surface area contributed by atoms with Gasteiger partial charge in [-0.3, -0.25) is 9.98 Å². The van der Waals surface area contributed by atoms with E-state index in [1.807, 2.05) is 27.7 Å². The van der Waals surface area contributed by atoms with Crippen LogP contribution < -0.4 is 0 Å². The molecular weight excluding hydrogens is 208 g/mol. The fraction of sp³-hybridized carbons (Fsp3) is 0.700. The lowest BCUT2D eigenvalue weighted by Crippen LogP contribution is -2.54. The molecule has 0 saturated carbocycles. The molecule has 2 heterocycles. The molecule has 0 fully saturated rings. The van der Waals surface area contributed by atoms with Gasteiger partial charge in [-0.05, 0) is 27.7 Å². The lowest BCUT2D eigenvalue weighted by Gasteiger charge is -2.29. The summed E-state index contributed by atoms with van der Waals surface area (Å²) >= 11 is 0. The molecule has 6 heteroatoms. The Labute approximate surface area is 94.2 Å². The second-order valence-electron chi connectivity index (χ2n) is 5.06. The molecule has 2 N–H and O–H groups in total. The van der Waals surface area contributed by atoms with E-state index in [1.54, 1.807) is 6.21 Å². The van der Waals surface area contributed by atoms with Gasteiger partial charge in [-0.15, -0.1) is 5.06 Å². The van der Waals surface area contributed by atoms with Crippen LogP contribution in [-0.2, 0) is 0 Å². The number of aliphatic imine (C=N–C) groups is 2. The second kappa shape index (κ2) is 3.04. The fourth-order valence-electron chi connectivity index (χ4n) is 1.77. The molecule has 0 aromatic carbocycles. The first kappa shape index (κ1) is 11.1. The van der Waals surface area contributed by atoms with Gasteiger partial charge in [0.25, 0.3) is 0 Å². The van der Waals surface area contributed by atoms with Gasteiger partial charge >= 0.3 is 5.84 Å². The van der Waals surface area contributed by atoms with Crippen LogP contribution in [0.5, 0.6) is 0 Å².